The van der Waals surface area contributed by atoms with Crippen molar-refractivity contribution < 1.29 is 14.3 Å². The van der Waals surface area contributed by atoms with Crippen LogP contribution in [0.4, 0.5) is 11.5 Å². The number of hydrogen-bond donors (Lipinski definition) is 2. The molecule has 6 nitrogen and oxygen atoms in total. The lowest BCUT2D eigenvalue weighted by Gasteiger charge is -2.20. The monoisotopic (exact) mass is 473 g/mol. The molecule has 0 aliphatic heterocycles. The van der Waals surface area contributed by atoms with Crippen LogP contribution in [0.3, 0.4) is 0 Å². The van der Waals surface area contributed by atoms with E-state index in [1.807, 2.05) is 25.1 Å². The van der Waals surface area contributed by atoms with Crippen LogP contribution < -0.4 is 15.4 Å². The zero-order valence-electron chi connectivity index (χ0n) is 21.3. The van der Waals surface area contributed by atoms with Crippen LogP contribution in [0.2, 0.25) is 0 Å². The molecule has 1 fully saturated rings. The van der Waals surface area contributed by atoms with E-state index in [-0.39, 0.29) is 12.0 Å². The average molecular weight is 474 g/mol. The molecule has 3 aromatic rings. The fraction of sp³-hybridized carbons (Fsp3) is 0.379. The number of nitrogens with one attached hydrogen (secondary N) is 2. The van der Waals surface area contributed by atoms with Gasteiger partial charge in [0.2, 0.25) is 0 Å². The van der Waals surface area contributed by atoms with Crippen LogP contribution in [0.5, 0.6) is 5.75 Å². The van der Waals surface area contributed by atoms with Gasteiger partial charge in [-0.25, -0.2) is 9.78 Å². The molecule has 0 spiro atoms. The van der Waals surface area contributed by atoms with Crippen molar-refractivity contribution in [3.63, 3.8) is 0 Å². The second-order valence-electron chi connectivity index (χ2n) is 9.43. The maximum Gasteiger partial charge on any atom is 0.338 e. The molecule has 1 aliphatic carbocycles. The smallest absolute Gasteiger partial charge is 0.338 e. The number of rotatable bonds is 8. The van der Waals surface area contributed by atoms with E-state index in [9.17, 15) is 4.79 Å². The highest BCUT2D eigenvalue weighted by Gasteiger charge is 2.24. The molecule has 0 radical (unpaired) electrons. The average Bonchev–Trinajstić information content (AvgIpc) is 3.37. The number of benzene rings is 2. The lowest BCUT2D eigenvalue weighted by atomic mass is 9.89. The molecule has 2 N–H and O–H groups in total. The van der Waals surface area contributed by atoms with Crippen molar-refractivity contribution in [1.82, 2.24) is 4.98 Å². The number of carbonyl (C=O) groups excluding carboxylic acids is 1. The molecular formula is C29H35N3O3. The highest BCUT2D eigenvalue weighted by atomic mass is 16.5. The summed E-state index contributed by atoms with van der Waals surface area (Å²) in [4.78, 5) is 17.5. The number of hydrogen-bond acceptors (Lipinski definition) is 6. The van der Waals surface area contributed by atoms with Gasteiger partial charge in [0.15, 0.2) is 0 Å². The zero-order chi connectivity index (χ0) is 24.9. The van der Waals surface area contributed by atoms with Gasteiger partial charge in [-0.1, -0.05) is 25.0 Å². The minimum Gasteiger partial charge on any atom is -0.496 e. The van der Waals surface area contributed by atoms with Gasteiger partial charge in [-0.05, 0) is 75.1 Å². The summed E-state index contributed by atoms with van der Waals surface area (Å²) in [6.07, 6.45) is 6.81. The van der Waals surface area contributed by atoms with Gasteiger partial charge in [-0.2, -0.15) is 0 Å². The summed E-state index contributed by atoms with van der Waals surface area (Å²) in [5, 5.41) is 6.92. The summed E-state index contributed by atoms with van der Waals surface area (Å²) in [6, 6.07) is 15.0. The molecule has 6 heteroatoms. The number of esters is 1. The number of ether oxygens (including phenoxy) is 2. The molecule has 0 bridgehead atoms. The van der Waals surface area contributed by atoms with Crippen LogP contribution >= 0.6 is 0 Å². The van der Waals surface area contributed by atoms with Crippen molar-refractivity contribution in [3.8, 4) is 28.0 Å². The summed E-state index contributed by atoms with van der Waals surface area (Å²) in [7, 11) is 3.07. The van der Waals surface area contributed by atoms with Crippen LogP contribution in [-0.2, 0) is 4.74 Å². The second kappa shape index (κ2) is 10.8. The van der Waals surface area contributed by atoms with Crippen molar-refractivity contribution >= 4 is 17.5 Å². The highest BCUT2D eigenvalue weighted by molar-refractivity contribution is 6.02. The molecule has 1 heterocycles. The van der Waals surface area contributed by atoms with Crippen LogP contribution in [0.15, 0.2) is 48.7 Å². The lowest BCUT2D eigenvalue weighted by Crippen LogP contribution is -2.14. The Labute approximate surface area is 208 Å². The van der Waals surface area contributed by atoms with Crippen molar-refractivity contribution in [1.29, 1.82) is 0 Å². The Morgan fingerprint density at radius 3 is 2.29 bits per heavy atom. The van der Waals surface area contributed by atoms with Crippen molar-refractivity contribution in [2.75, 3.05) is 24.9 Å². The number of methoxy groups -OCH3 is 2. The van der Waals surface area contributed by atoms with E-state index in [0.29, 0.717) is 17.4 Å². The normalized spacial score (nSPS) is 13.7. The van der Waals surface area contributed by atoms with E-state index >= 15 is 0 Å². The molecule has 2 aromatic carbocycles. The number of anilines is 2. The highest BCUT2D eigenvalue weighted by Crippen LogP contribution is 2.41. The van der Waals surface area contributed by atoms with Gasteiger partial charge in [-0.15, -0.1) is 0 Å². The molecule has 184 valence electrons. The second-order valence-corrected chi connectivity index (χ2v) is 9.43. The number of pyridine rings is 1. The van der Waals surface area contributed by atoms with E-state index < -0.39 is 0 Å². The number of aromatic nitrogens is 1. The van der Waals surface area contributed by atoms with Gasteiger partial charge in [0.25, 0.3) is 0 Å². The lowest BCUT2D eigenvalue weighted by molar-refractivity contribution is 0.0601. The van der Waals surface area contributed by atoms with E-state index in [0.717, 1.165) is 39.3 Å². The van der Waals surface area contributed by atoms with Crippen LogP contribution in [-0.4, -0.2) is 37.3 Å². The summed E-state index contributed by atoms with van der Waals surface area (Å²) >= 11 is 0. The Hall–Kier alpha value is -3.54. The van der Waals surface area contributed by atoms with E-state index in [4.69, 9.17) is 9.47 Å². The minimum atomic E-state index is -0.384. The van der Waals surface area contributed by atoms with E-state index in [1.165, 1.54) is 32.8 Å². The van der Waals surface area contributed by atoms with Crippen molar-refractivity contribution in [2.45, 2.75) is 58.5 Å². The van der Waals surface area contributed by atoms with E-state index in [2.05, 4.69) is 53.7 Å². The molecule has 1 saturated carbocycles. The first-order valence-corrected chi connectivity index (χ1v) is 12.3. The maximum absolute atomic E-state index is 13.0. The van der Waals surface area contributed by atoms with Crippen LogP contribution in [0.1, 0.15) is 55.5 Å². The molecule has 0 saturated heterocycles. The Bertz CT molecular complexity index is 1170. The van der Waals surface area contributed by atoms with Gasteiger partial charge < -0.3 is 20.1 Å². The Morgan fingerprint density at radius 2 is 1.71 bits per heavy atom. The quantitative estimate of drug-likeness (QED) is 0.355. The van der Waals surface area contributed by atoms with Gasteiger partial charge in [0.05, 0.1) is 19.8 Å². The van der Waals surface area contributed by atoms with Gasteiger partial charge >= 0.3 is 5.97 Å². The Balaban J connectivity index is 1.75. The zero-order valence-corrected chi connectivity index (χ0v) is 21.3. The van der Waals surface area contributed by atoms with E-state index in [1.54, 1.807) is 13.3 Å². The summed E-state index contributed by atoms with van der Waals surface area (Å²) in [5.41, 5.74) is 5.87. The van der Waals surface area contributed by atoms with Gasteiger partial charge in [-0.3, -0.25) is 0 Å². The standard InChI is InChI=1S/C29H35N3O3/c1-18(2)31-26-15-12-21(17-30-26)24-16-25(34-4)27(19(3)28(24)29(33)35-5)20-10-13-23(14-11-20)32-22-8-6-7-9-22/h10-18,22,32H,6-9H2,1-5H3,(H,30,31). The maximum atomic E-state index is 13.0. The van der Waals surface area contributed by atoms with Crippen LogP contribution in [0.25, 0.3) is 22.3 Å². The third-order valence-corrected chi connectivity index (χ3v) is 6.56. The topological polar surface area (TPSA) is 72.5 Å². The third kappa shape index (κ3) is 5.42. The predicted octanol–water partition coefficient (Wildman–Crippen LogP) is 6.69. The predicted molar refractivity (Wildman–Crippen MR) is 142 cm³/mol. The minimum absolute atomic E-state index is 0.278. The van der Waals surface area contributed by atoms with Crippen LogP contribution in [0, 0.1) is 6.92 Å². The first kappa shape index (κ1) is 24.6. The summed E-state index contributed by atoms with van der Waals surface area (Å²) in [6.45, 7) is 6.07. The fourth-order valence-corrected chi connectivity index (χ4v) is 4.87. The van der Waals surface area contributed by atoms with Crippen molar-refractivity contribution in [2.24, 2.45) is 0 Å². The van der Waals surface area contributed by atoms with Crippen molar-refractivity contribution in [3.05, 3.63) is 59.8 Å². The molecule has 0 unspecified atom stereocenters. The number of carbonyl (C=O) groups is 1. The Morgan fingerprint density at radius 1 is 1.03 bits per heavy atom. The first-order valence-electron chi connectivity index (χ1n) is 12.3. The fourth-order valence-electron chi connectivity index (χ4n) is 4.87. The third-order valence-electron chi connectivity index (χ3n) is 6.56. The largest absolute Gasteiger partial charge is 0.496 e. The molecular weight excluding hydrogens is 438 g/mol. The molecule has 0 amide bonds. The number of nitrogens with zero attached hydrogens (tertiary/aromatic N) is 1. The molecule has 35 heavy (non-hydrogen) atoms. The first-order chi connectivity index (χ1) is 16.9. The Kier molecular flexibility index (Phi) is 7.59. The molecule has 4 rings (SSSR count). The molecule has 1 aromatic heterocycles. The molecule has 0 atom stereocenters. The summed E-state index contributed by atoms with van der Waals surface area (Å²) < 4.78 is 11.0. The van der Waals surface area contributed by atoms with Gasteiger partial charge in [0, 0.05) is 40.7 Å². The SMILES string of the molecule is COC(=O)c1c(-c2ccc(NC(C)C)nc2)cc(OC)c(-c2ccc(NC3CCCC3)cc2)c1C. The van der Waals surface area contributed by atoms with Gasteiger partial charge in [0.1, 0.15) is 11.6 Å². The summed E-state index contributed by atoms with van der Waals surface area (Å²) in [5.74, 6) is 1.10. The molecule has 1 aliphatic rings.